The number of halogens is 1. The molecule has 3 heterocycles. The van der Waals surface area contributed by atoms with Crippen LogP contribution in [-0.2, 0) is 14.3 Å². The molecule has 2 amide bonds. The Morgan fingerprint density at radius 1 is 1.09 bits per heavy atom. The first kappa shape index (κ1) is 23.2. The Balaban J connectivity index is 1.30. The van der Waals surface area contributed by atoms with Gasteiger partial charge in [-0.3, -0.25) is 14.4 Å². The molecule has 1 saturated carbocycles. The van der Waals surface area contributed by atoms with E-state index >= 15 is 0 Å². The molecule has 4 fully saturated rings. The van der Waals surface area contributed by atoms with E-state index in [1.165, 1.54) is 4.90 Å². The Bertz CT molecular complexity index is 927. The van der Waals surface area contributed by atoms with Crippen LogP contribution in [0.1, 0.15) is 36.0 Å². The van der Waals surface area contributed by atoms with Gasteiger partial charge in [0, 0.05) is 37.4 Å². The molecule has 184 valence electrons. The Hall–Kier alpha value is -2.52. The number of ether oxygens (including phenoxy) is 1. The lowest BCUT2D eigenvalue weighted by Gasteiger charge is -2.34. The fourth-order valence-corrected chi connectivity index (χ4v) is 5.79. The van der Waals surface area contributed by atoms with Crippen molar-refractivity contribution in [3.63, 3.8) is 0 Å². The number of nitrogens with zero attached hydrogens (tertiary/aromatic N) is 3. The van der Waals surface area contributed by atoms with E-state index in [2.05, 4.69) is 22.2 Å². The van der Waals surface area contributed by atoms with Crippen LogP contribution < -0.4 is 10.2 Å². The number of rotatable bonds is 5. The van der Waals surface area contributed by atoms with Crippen molar-refractivity contribution in [1.82, 2.24) is 15.1 Å². The van der Waals surface area contributed by atoms with E-state index in [-0.39, 0.29) is 36.7 Å². The highest BCUT2D eigenvalue weighted by molar-refractivity contribution is 5.99. The summed E-state index contributed by atoms with van der Waals surface area (Å²) in [5.41, 5.74) is 1.56. The normalized spacial score (nSPS) is 28.9. The summed E-state index contributed by atoms with van der Waals surface area (Å²) in [7, 11) is 2.11. The molecule has 1 aromatic carbocycles. The standard InChI is InChI=1S/C25H33FN4O4/c1-28-10-12-29(13-11-28)18-8-6-17(7-9-18)24(32)27-21(16-4-2-3-5-16)25(33)30-14-19(26)23-22(30)20(31)15-34-23/h6-9,16,19,21-23H,2-5,10-15H2,1H3,(H,27,32)/t19-,21-,22+,23+/m0/s1. The number of anilines is 1. The maximum absolute atomic E-state index is 14.5. The van der Waals surface area contributed by atoms with Crippen molar-refractivity contribution in [2.45, 2.75) is 50.0 Å². The van der Waals surface area contributed by atoms with Crippen LogP contribution in [0.3, 0.4) is 0 Å². The Morgan fingerprint density at radius 2 is 1.76 bits per heavy atom. The largest absolute Gasteiger partial charge is 0.369 e. The summed E-state index contributed by atoms with van der Waals surface area (Å²) >= 11 is 0. The van der Waals surface area contributed by atoms with Crippen molar-refractivity contribution in [3.8, 4) is 0 Å². The number of Topliss-reactive ketones (excluding diaryl/α,β-unsaturated/α-hetero) is 1. The lowest BCUT2D eigenvalue weighted by atomic mass is 9.95. The van der Waals surface area contributed by atoms with Gasteiger partial charge < -0.3 is 24.8 Å². The molecular weight excluding hydrogens is 439 g/mol. The molecule has 3 saturated heterocycles. The monoisotopic (exact) mass is 472 g/mol. The van der Waals surface area contributed by atoms with Crippen LogP contribution in [0.15, 0.2) is 24.3 Å². The number of fused-ring (bicyclic) bond motifs is 1. The summed E-state index contributed by atoms with van der Waals surface area (Å²) in [6, 6.07) is 5.81. The van der Waals surface area contributed by atoms with Gasteiger partial charge in [-0.25, -0.2) is 4.39 Å². The number of carbonyl (C=O) groups is 3. The number of benzene rings is 1. The van der Waals surface area contributed by atoms with Crippen LogP contribution in [0.4, 0.5) is 10.1 Å². The number of hydrogen-bond donors (Lipinski definition) is 1. The third-order valence-corrected chi connectivity index (χ3v) is 7.83. The van der Waals surface area contributed by atoms with Gasteiger partial charge in [-0.15, -0.1) is 0 Å². The highest BCUT2D eigenvalue weighted by Crippen LogP contribution is 2.33. The second-order valence-electron chi connectivity index (χ2n) is 10.0. The van der Waals surface area contributed by atoms with Gasteiger partial charge >= 0.3 is 0 Å². The zero-order chi connectivity index (χ0) is 23.8. The molecule has 5 rings (SSSR count). The summed E-state index contributed by atoms with van der Waals surface area (Å²) in [5.74, 6) is -0.981. The number of likely N-dealkylation sites (N-methyl/N-ethyl adjacent to an activating group) is 1. The second-order valence-corrected chi connectivity index (χ2v) is 10.0. The van der Waals surface area contributed by atoms with Gasteiger partial charge in [0.05, 0.1) is 6.54 Å². The van der Waals surface area contributed by atoms with E-state index in [0.717, 1.165) is 57.5 Å². The molecule has 0 aromatic heterocycles. The number of piperazine rings is 1. The molecule has 0 spiro atoms. The minimum absolute atomic E-state index is 0.0180. The summed E-state index contributed by atoms with van der Waals surface area (Å²) in [4.78, 5) is 44.9. The predicted octanol–water partition coefficient (Wildman–Crippen LogP) is 1.24. The number of carbonyl (C=O) groups excluding carboxylic acids is 3. The molecule has 1 N–H and O–H groups in total. The van der Waals surface area contributed by atoms with E-state index in [1.54, 1.807) is 12.1 Å². The number of nitrogens with one attached hydrogen (secondary N) is 1. The Labute approximate surface area is 199 Å². The third kappa shape index (κ3) is 4.43. The minimum atomic E-state index is -1.39. The van der Waals surface area contributed by atoms with Crippen molar-refractivity contribution in [2.24, 2.45) is 5.92 Å². The van der Waals surface area contributed by atoms with Crippen LogP contribution in [-0.4, -0.2) is 98.1 Å². The van der Waals surface area contributed by atoms with Gasteiger partial charge in [0.15, 0.2) is 5.78 Å². The van der Waals surface area contributed by atoms with Crippen LogP contribution in [0.2, 0.25) is 0 Å². The quantitative estimate of drug-likeness (QED) is 0.695. The first-order valence-corrected chi connectivity index (χ1v) is 12.4. The molecule has 0 unspecified atom stereocenters. The van der Waals surface area contributed by atoms with Gasteiger partial charge in [0.2, 0.25) is 5.91 Å². The summed E-state index contributed by atoms with van der Waals surface area (Å²) in [6.07, 6.45) is 1.35. The van der Waals surface area contributed by atoms with E-state index in [0.29, 0.717) is 5.56 Å². The average Bonchev–Trinajstić information content (AvgIpc) is 3.58. The lowest BCUT2D eigenvalue weighted by molar-refractivity contribution is -0.139. The summed E-state index contributed by atoms with van der Waals surface area (Å²) in [5, 5.41) is 2.94. The number of likely N-dealkylation sites (tertiary alicyclic amines) is 1. The van der Waals surface area contributed by atoms with Gasteiger partial charge in [0.25, 0.3) is 5.91 Å². The van der Waals surface area contributed by atoms with Crippen molar-refractivity contribution < 1.29 is 23.5 Å². The van der Waals surface area contributed by atoms with E-state index < -0.39 is 24.4 Å². The highest BCUT2D eigenvalue weighted by atomic mass is 19.1. The van der Waals surface area contributed by atoms with Crippen molar-refractivity contribution in [2.75, 3.05) is 51.3 Å². The van der Waals surface area contributed by atoms with Gasteiger partial charge in [0.1, 0.15) is 31.0 Å². The molecule has 1 aliphatic carbocycles. The van der Waals surface area contributed by atoms with Gasteiger partial charge in [-0.1, -0.05) is 12.8 Å². The maximum atomic E-state index is 14.5. The number of hydrogen-bond acceptors (Lipinski definition) is 6. The minimum Gasteiger partial charge on any atom is -0.369 e. The van der Waals surface area contributed by atoms with E-state index in [1.807, 2.05) is 12.1 Å². The molecule has 9 heteroatoms. The molecule has 4 atom stereocenters. The average molecular weight is 473 g/mol. The summed E-state index contributed by atoms with van der Waals surface area (Å²) in [6.45, 7) is 3.54. The second kappa shape index (κ2) is 9.62. The first-order valence-electron chi connectivity index (χ1n) is 12.4. The van der Waals surface area contributed by atoms with E-state index in [4.69, 9.17) is 4.74 Å². The van der Waals surface area contributed by atoms with Crippen molar-refractivity contribution >= 4 is 23.3 Å². The number of amides is 2. The molecule has 0 radical (unpaired) electrons. The van der Waals surface area contributed by atoms with Crippen LogP contribution in [0, 0.1) is 5.92 Å². The fraction of sp³-hybridized carbons (Fsp3) is 0.640. The molecular formula is C25H33FN4O4. The van der Waals surface area contributed by atoms with Crippen LogP contribution in [0.25, 0.3) is 0 Å². The Kier molecular flexibility index (Phi) is 6.57. The third-order valence-electron chi connectivity index (χ3n) is 7.83. The zero-order valence-corrected chi connectivity index (χ0v) is 19.6. The van der Waals surface area contributed by atoms with Gasteiger partial charge in [-0.2, -0.15) is 0 Å². The highest BCUT2D eigenvalue weighted by Gasteiger charge is 2.54. The molecule has 4 aliphatic rings. The topological polar surface area (TPSA) is 82.2 Å². The molecule has 8 nitrogen and oxygen atoms in total. The zero-order valence-electron chi connectivity index (χ0n) is 19.6. The Morgan fingerprint density at radius 3 is 2.44 bits per heavy atom. The van der Waals surface area contributed by atoms with Crippen LogP contribution in [0.5, 0.6) is 0 Å². The van der Waals surface area contributed by atoms with E-state index in [9.17, 15) is 18.8 Å². The SMILES string of the molecule is CN1CCN(c2ccc(C(=O)N[C@H](C(=O)N3C[C@H](F)[C@H]4OCC(=O)[C@H]43)C3CCCC3)cc2)CC1. The molecule has 0 bridgehead atoms. The van der Waals surface area contributed by atoms with Gasteiger partial charge in [-0.05, 0) is 50.1 Å². The first-order chi connectivity index (χ1) is 16.4. The number of ketones is 1. The molecule has 1 aromatic rings. The number of alkyl halides is 1. The van der Waals surface area contributed by atoms with Crippen LogP contribution >= 0.6 is 0 Å². The molecule has 34 heavy (non-hydrogen) atoms. The fourth-order valence-electron chi connectivity index (χ4n) is 5.79. The molecule has 3 aliphatic heterocycles. The summed E-state index contributed by atoms with van der Waals surface area (Å²) < 4.78 is 19.8. The maximum Gasteiger partial charge on any atom is 0.251 e. The predicted molar refractivity (Wildman–Crippen MR) is 125 cm³/mol. The smallest absolute Gasteiger partial charge is 0.251 e. The lowest BCUT2D eigenvalue weighted by Crippen LogP contribution is -2.54. The van der Waals surface area contributed by atoms with Crippen molar-refractivity contribution in [3.05, 3.63) is 29.8 Å². The van der Waals surface area contributed by atoms with Crippen molar-refractivity contribution in [1.29, 1.82) is 0 Å².